The number of alkyl halides is 1. The molecule has 0 saturated carbocycles. The smallest absolute Gasteiger partial charge is 0.174 e. The van der Waals surface area contributed by atoms with E-state index in [-0.39, 0.29) is 5.92 Å². The molecular formula is C17H22IN2O+. The Hall–Kier alpha value is -0.880. The zero-order valence-electron chi connectivity index (χ0n) is 13.1. The molecule has 2 atom stereocenters. The first-order valence-corrected chi connectivity index (χ1v) is 8.60. The van der Waals surface area contributed by atoms with Crippen molar-refractivity contribution < 1.29 is 9.28 Å². The van der Waals surface area contributed by atoms with Crippen molar-refractivity contribution in [2.75, 3.05) is 27.7 Å². The number of hydrogen-bond acceptors (Lipinski definition) is 1. The number of carbonyl (C=O) groups excluding carboxylic acids is 1. The van der Waals surface area contributed by atoms with E-state index in [1.165, 1.54) is 11.2 Å². The Morgan fingerprint density at radius 1 is 1.29 bits per heavy atom. The van der Waals surface area contributed by atoms with Crippen LogP contribution in [0.15, 0.2) is 24.3 Å². The van der Waals surface area contributed by atoms with E-state index in [1.54, 1.807) is 0 Å². The average Bonchev–Trinajstić information content (AvgIpc) is 2.69. The minimum atomic E-state index is 0.130. The first-order chi connectivity index (χ1) is 9.79. The number of halogens is 1. The second-order valence-corrected chi connectivity index (χ2v) is 8.58. The molecule has 0 fully saturated rings. The van der Waals surface area contributed by atoms with Crippen molar-refractivity contribution in [3.05, 3.63) is 35.5 Å². The molecule has 2 unspecified atom stereocenters. The van der Waals surface area contributed by atoms with Crippen molar-refractivity contribution in [3.8, 4) is 0 Å². The van der Waals surface area contributed by atoms with Crippen LogP contribution in [-0.2, 0) is 7.05 Å². The van der Waals surface area contributed by atoms with Crippen LogP contribution in [0.4, 0.5) is 0 Å². The summed E-state index contributed by atoms with van der Waals surface area (Å²) < 4.78 is 3.45. The van der Waals surface area contributed by atoms with Gasteiger partial charge in [0, 0.05) is 29.2 Å². The molecule has 1 heterocycles. The molecule has 1 aromatic carbocycles. The van der Waals surface area contributed by atoms with Crippen molar-refractivity contribution in [3.63, 3.8) is 0 Å². The molecule has 0 saturated heterocycles. The van der Waals surface area contributed by atoms with E-state index in [9.17, 15) is 4.79 Å². The molecule has 1 aromatic heterocycles. The largest absolute Gasteiger partial charge is 0.346 e. The maximum absolute atomic E-state index is 13.0. The average molecular weight is 397 g/mol. The summed E-state index contributed by atoms with van der Waals surface area (Å²) in [5.74, 6) is 0.466. The summed E-state index contributed by atoms with van der Waals surface area (Å²) in [7, 11) is 8.57. The normalized spacial score (nSPS) is 22.6. The predicted octanol–water partition coefficient (Wildman–Crippen LogP) is 3.56. The van der Waals surface area contributed by atoms with Gasteiger partial charge in [-0.2, -0.15) is 0 Å². The lowest BCUT2D eigenvalue weighted by Gasteiger charge is -2.32. The molecule has 3 nitrogen and oxygen atoms in total. The first kappa shape index (κ1) is 15.0. The number of ketones is 1. The topological polar surface area (TPSA) is 22.0 Å². The maximum atomic E-state index is 13.0. The number of carbonyl (C=O) groups is 1. The molecule has 1 aliphatic carbocycles. The lowest BCUT2D eigenvalue weighted by molar-refractivity contribution is -0.872. The molecular weight excluding hydrogens is 375 g/mol. The Morgan fingerprint density at radius 2 is 1.95 bits per heavy atom. The molecule has 0 amide bonds. The summed E-state index contributed by atoms with van der Waals surface area (Å²) in [5, 5.41) is 1.12. The quantitative estimate of drug-likeness (QED) is 0.432. The number of Topliss-reactive ketones (excluding diaryl/α,β-unsaturated/α-hetero) is 1. The van der Waals surface area contributed by atoms with Crippen LogP contribution in [0.3, 0.4) is 0 Å². The van der Waals surface area contributed by atoms with Crippen LogP contribution in [0, 0.1) is 5.92 Å². The highest BCUT2D eigenvalue weighted by Crippen LogP contribution is 2.43. The number of quaternary nitrogens is 1. The van der Waals surface area contributed by atoms with Gasteiger partial charge >= 0.3 is 0 Å². The van der Waals surface area contributed by atoms with Gasteiger partial charge in [0.05, 0.1) is 37.5 Å². The minimum absolute atomic E-state index is 0.130. The predicted molar refractivity (Wildman–Crippen MR) is 95.0 cm³/mol. The van der Waals surface area contributed by atoms with Crippen LogP contribution >= 0.6 is 22.6 Å². The van der Waals surface area contributed by atoms with E-state index in [0.717, 1.165) is 28.4 Å². The highest BCUT2D eigenvalue weighted by Gasteiger charge is 2.38. The van der Waals surface area contributed by atoms with Crippen LogP contribution in [0.1, 0.15) is 26.4 Å². The fourth-order valence-corrected chi connectivity index (χ4v) is 4.87. The maximum Gasteiger partial charge on any atom is 0.174 e. The summed E-state index contributed by atoms with van der Waals surface area (Å²) in [6, 6.07) is 8.27. The van der Waals surface area contributed by atoms with Gasteiger partial charge < -0.3 is 9.05 Å². The van der Waals surface area contributed by atoms with Crippen LogP contribution < -0.4 is 0 Å². The third-order valence-corrected chi connectivity index (χ3v) is 5.42. The van der Waals surface area contributed by atoms with Crippen LogP contribution in [0.5, 0.6) is 0 Å². The zero-order valence-corrected chi connectivity index (χ0v) is 15.2. The number of para-hydroxylation sites is 1. The molecule has 4 heteroatoms. The molecule has 3 rings (SSSR count). The number of aromatic nitrogens is 1. The van der Waals surface area contributed by atoms with Gasteiger partial charge in [-0.25, -0.2) is 0 Å². The van der Waals surface area contributed by atoms with E-state index in [2.05, 4.69) is 67.5 Å². The molecule has 0 N–H and O–H groups in total. The van der Waals surface area contributed by atoms with Gasteiger partial charge in [-0.05, 0) is 12.5 Å². The van der Waals surface area contributed by atoms with Crippen LogP contribution in [-0.4, -0.2) is 42.5 Å². The van der Waals surface area contributed by atoms with E-state index in [4.69, 9.17) is 0 Å². The summed E-state index contributed by atoms with van der Waals surface area (Å²) >= 11 is 2.51. The van der Waals surface area contributed by atoms with Gasteiger partial charge in [-0.1, -0.05) is 40.8 Å². The molecule has 0 spiro atoms. The fourth-order valence-electron chi connectivity index (χ4n) is 3.53. The van der Waals surface area contributed by atoms with Gasteiger partial charge in [0.2, 0.25) is 0 Å². The fraction of sp³-hybridized carbons (Fsp3) is 0.471. The SMILES string of the molecule is Cn1c2c(c3ccccc31)C(=O)C(C[N+](C)(C)C)CC2I. The summed E-state index contributed by atoms with van der Waals surface area (Å²) in [6.45, 7) is 0.904. The Morgan fingerprint density at radius 3 is 2.62 bits per heavy atom. The highest BCUT2D eigenvalue weighted by molar-refractivity contribution is 14.1. The molecule has 21 heavy (non-hydrogen) atoms. The van der Waals surface area contributed by atoms with Gasteiger partial charge in [0.15, 0.2) is 5.78 Å². The van der Waals surface area contributed by atoms with Gasteiger partial charge in [-0.15, -0.1) is 0 Å². The molecule has 1 aliphatic rings. The third-order valence-electron chi connectivity index (χ3n) is 4.33. The van der Waals surface area contributed by atoms with Crippen molar-refractivity contribution in [2.45, 2.75) is 10.3 Å². The van der Waals surface area contributed by atoms with Crippen molar-refractivity contribution >= 4 is 39.3 Å². The van der Waals surface area contributed by atoms with E-state index >= 15 is 0 Å². The van der Waals surface area contributed by atoms with Gasteiger partial charge in [0.1, 0.15) is 0 Å². The molecule has 0 bridgehead atoms. The first-order valence-electron chi connectivity index (χ1n) is 7.35. The Balaban J connectivity index is 2.16. The zero-order chi connectivity index (χ0) is 15.4. The third kappa shape index (κ3) is 2.52. The standard InChI is InChI=1S/C17H22IN2O/c1-19-14-8-6-5-7-12(14)15-16(19)13(18)9-11(17(15)21)10-20(2,3)4/h5-8,11,13H,9-10H2,1-4H3/q+1. The monoisotopic (exact) mass is 397 g/mol. The minimum Gasteiger partial charge on any atom is -0.346 e. The summed E-state index contributed by atoms with van der Waals surface area (Å²) in [6.07, 6.45) is 0.950. The van der Waals surface area contributed by atoms with E-state index in [0.29, 0.717) is 9.71 Å². The second-order valence-electron chi connectivity index (χ2n) is 7.07. The second kappa shape index (κ2) is 5.09. The number of fused-ring (bicyclic) bond motifs is 3. The van der Waals surface area contributed by atoms with Crippen molar-refractivity contribution in [2.24, 2.45) is 13.0 Å². The lowest BCUT2D eigenvalue weighted by atomic mass is 9.84. The van der Waals surface area contributed by atoms with Crippen LogP contribution in [0.25, 0.3) is 10.9 Å². The number of benzene rings is 1. The summed E-state index contributed by atoms with van der Waals surface area (Å²) in [4.78, 5) is 13.0. The Labute approximate surface area is 139 Å². The lowest BCUT2D eigenvalue weighted by Crippen LogP contribution is -2.43. The number of hydrogen-bond donors (Lipinski definition) is 0. The molecule has 0 radical (unpaired) electrons. The van der Waals surface area contributed by atoms with Gasteiger partial charge in [-0.3, -0.25) is 4.79 Å². The van der Waals surface area contributed by atoms with Crippen LogP contribution in [0.2, 0.25) is 0 Å². The highest BCUT2D eigenvalue weighted by atomic mass is 127. The van der Waals surface area contributed by atoms with Crippen molar-refractivity contribution in [1.29, 1.82) is 0 Å². The van der Waals surface area contributed by atoms with Crippen molar-refractivity contribution in [1.82, 2.24) is 4.57 Å². The van der Waals surface area contributed by atoms with E-state index in [1.807, 2.05) is 12.1 Å². The van der Waals surface area contributed by atoms with Gasteiger partial charge in [0.25, 0.3) is 0 Å². The summed E-state index contributed by atoms with van der Waals surface area (Å²) in [5.41, 5.74) is 3.35. The Kier molecular flexibility index (Phi) is 3.64. The number of aryl methyl sites for hydroxylation is 1. The molecule has 112 valence electrons. The number of nitrogens with zero attached hydrogens (tertiary/aromatic N) is 2. The Bertz CT molecular complexity index is 711. The number of rotatable bonds is 2. The molecule has 2 aromatic rings. The molecule has 0 aliphatic heterocycles. The van der Waals surface area contributed by atoms with E-state index < -0.39 is 0 Å².